The zero-order chi connectivity index (χ0) is 20.2. The van der Waals surface area contributed by atoms with Gasteiger partial charge in [-0.3, -0.25) is 4.79 Å². The van der Waals surface area contributed by atoms with Gasteiger partial charge in [0.2, 0.25) is 0 Å². The summed E-state index contributed by atoms with van der Waals surface area (Å²) in [5.41, 5.74) is -2.66. The van der Waals surface area contributed by atoms with E-state index in [1.165, 1.54) is 6.07 Å². The Bertz CT molecular complexity index is 930. The molecule has 1 amide bonds. The number of para-hydroxylation sites is 1. The highest BCUT2D eigenvalue weighted by molar-refractivity contribution is 6.31. The number of rotatable bonds is 4. The molecule has 0 aliphatic heterocycles. The normalized spacial score (nSPS) is 11.7. The molecule has 2 aromatic carbocycles. The SMILES string of the molecule is N#C/C(=C/Nc1c(F)cccc1F)C(=O)Nc1ccc(Cl)c(C(F)(F)F)c1. The summed E-state index contributed by atoms with van der Waals surface area (Å²) in [5.74, 6) is -3.01. The molecule has 0 atom stereocenters. The molecule has 2 aromatic rings. The van der Waals surface area contributed by atoms with Gasteiger partial charge in [-0.2, -0.15) is 18.4 Å². The van der Waals surface area contributed by atoms with Crippen LogP contribution < -0.4 is 10.6 Å². The molecule has 0 radical (unpaired) electrons. The smallest absolute Gasteiger partial charge is 0.355 e. The monoisotopic (exact) mass is 401 g/mol. The van der Waals surface area contributed by atoms with Crippen molar-refractivity contribution in [3.63, 3.8) is 0 Å². The average molecular weight is 402 g/mol. The number of nitrogens with one attached hydrogen (secondary N) is 2. The van der Waals surface area contributed by atoms with Gasteiger partial charge in [-0.05, 0) is 30.3 Å². The van der Waals surface area contributed by atoms with Crippen LogP contribution in [-0.2, 0) is 11.0 Å². The van der Waals surface area contributed by atoms with Crippen LogP contribution in [0.4, 0.5) is 33.3 Å². The third kappa shape index (κ3) is 4.95. The van der Waals surface area contributed by atoms with Gasteiger partial charge in [-0.25, -0.2) is 8.78 Å². The second-order valence-electron chi connectivity index (χ2n) is 5.06. The van der Waals surface area contributed by atoms with Crippen LogP contribution in [0.5, 0.6) is 0 Å². The fraction of sp³-hybridized carbons (Fsp3) is 0.0588. The minimum absolute atomic E-state index is 0.269. The number of carbonyl (C=O) groups is 1. The molecule has 0 heterocycles. The van der Waals surface area contributed by atoms with Crippen molar-refractivity contribution in [3.8, 4) is 6.07 Å². The summed E-state index contributed by atoms with van der Waals surface area (Å²) >= 11 is 5.48. The van der Waals surface area contributed by atoms with E-state index >= 15 is 0 Å². The summed E-state index contributed by atoms with van der Waals surface area (Å²) in [4.78, 5) is 12.0. The molecule has 0 unspecified atom stereocenters. The maximum Gasteiger partial charge on any atom is 0.417 e. The number of carbonyl (C=O) groups excluding carboxylic acids is 1. The zero-order valence-electron chi connectivity index (χ0n) is 13.2. The van der Waals surface area contributed by atoms with Crippen molar-refractivity contribution in [2.75, 3.05) is 10.6 Å². The van der Waals surface area contributed by atoms with Gasteiger partial charge in [0.15, 0.2) is 0 Å². The van der Waals surface area contributed by atoms with Gasteiger partial charge in [0.1, 0.15) is 29.0 Å². The van der Waals surface area contributed by atoms with Crippen molar-refractivity contribution in [3.05, 3.63) is 70.4 Å². The third-order valence-corrected chi connectivity index (χ3v) is 3.55. The van der Waals surface area contributed by atoms with E-state index in [1.807, 2.05) is 0 Å². The minimum Gasteiger partial charge on any atom is -0.355 e. The van der Waals surface area contributed by atoms with Crippen LogP contribution in [0.15, 0.2) is 48.2 Å². The van der Waals surface area contributed by atoms with Gasteiger partial charge in [0.25, 0.3) is 5.91 Å². The Kier molecular flexibility index (Phi) is 6.02. The summed E-state index contributed by atoms with van der Waals surface area (Å²) in [7, 11) is 0. The maximum atomic E-state index is 13.5. The lowest BCUT2D eigenvalue weighted by atomic mass is 10.2. The Balaban J connectivity index is 2.22. The van der Waals surface area contributed by atoms with Crippen molar-refractivity contribution in [1.82, 2.24) is 0 Å². The number of benzene rings is 2. The molecule has 2 N–H and O–H groups in total. The minimum atomic E-state index is -4.74. The van der Waals surface area contributed by atoms with Crippen molar-refractivity contribution in [2.45, 2.75) is 6.18 Å². The summed E-state index contributed by atoms with van der Waals surface area (Å²) in [6.45, 7) is 0. The molecule has 4 nitrogen and oxygen atoms in total. The largest absolute Gasteiger partial charge is 0.417 e. The quantitative estimate of drug-likeness (QED) is 0.426. The summed E-state index contributed by atoms with van der Waals surface area (Å²) in [6.07, 6.45) is -4.01. The highest BCUT2D eigenvalue weighted by Crippen LogP contribution is 2.36. The van der Waals surface area contributed by atoms with Gasteiger partial charge >= 0.3 is 6.18 Å². The van der Waals surface area contributed by atoms with E-state index in [9.17, 15) is 26.7 Å². The molecule has 0 fully saturated rings. The average Bonchev–Trinajstić information content (AvgIpc) is 2.58. The summed E-state index contributed by atoms with van der Waals surface area (Å²) in [6, 6.07) is 7.15. The van der Waals surface area contributed by atoms with Crippen LogP contribution in [0.1, 0.15) is 5.56 Å². The number of anilines is 2. The van der Waals surface area contributed by atoms with Crippen LogP contribution in [0, 0.1) is 23.0 Å². The predicted octanol–water partition coefficient (Wildman–Crippen LogP) is 5.10. The second kappa shape index (κ2) is 8.05. The lowest BCUT2D eigenvalue weighted by Crippen LogP contribution is -2.16. The van der Waals surface area contributed by atoms with E-state index < -0.39 is 45.6 Å². The molecule has 0 aromatic heterocycles. The molecule has 140 valence electrons. The van der Waals surface area contributed by atoms with Crippen molar-refractivity contribution >= 4 is 28.9 Å². The second-order valence-corrected chi connectivity index (χ2v) is 5.46. The van der Waals surface area contributed by atoms with Crippen LogP contribution in [0.2, 0.25) is 5.02 Å². The van der Waals surface area contributed by atoms with E-state index in [1.54, 1.807) is 0 Å². The van der Waals surface area contributed by atoms with Crippen molar-refractivity contribution < 1.29 is 26.7 Å². The molecule has 2 rings (SSSR count). The number of nitriles is 1. The maximum absolute atomic E-state index is 13.5. The van der Waals surface area contributed by atoms with Crippen LogP contribution in [0.25, 0.3) is 0 Å². The molecule has 0 spiro atoms. The summed E-state index contributed by atoms with van der Waals surface area (Å²) in [5, 5.41) is 12.7. The predicted molar refractivity (Wildman–Crippen MR) is 88.8 cm³/mol. The fourth-order valence-electron chi connectivity index (χ4n) is 1.95. The lowest BCUT2D eigenvalue weighted by molar-refractivity contribution is -0.137. The van der Waals surface area contributed by atoms with E-state index in [2.05, 4.69) is 10.6 Å². The molecule has 0 saturated heterocycles. The number of hydrogen-bond acceptors (Lipinski definition) is 3. The Labute approximate surface area is 154 Å². The number of amides is 1. The first kappa shape index (κ1) is 20.2. The molecule has 0 bridgehead atoms. The van der Waals surface area contributed by atoms with Gasteiger partial charge in [-0.15, -0.1) is 0 Å². The lowest BCUT2D eigenvalue weighted by Gasteiger charge is -2.11. The molecule has 0 aliphatic rings. The number of halogens is 6. The molecular weight excluding hydrogens is 393 g/mol. The highest BCUT2D eigenvalue weighted by atomic mass is 35.5. The van der Waals surface area contributed by atoms with Gasteiger partial charge in [0, 0.05) is 11.9 Å². The first-order chi connectivity index (χ1) is 12.6. The number of alkyl halides is 3. The van der Waals surface area contributed by atoms with Gasteiger partial charge in [-0.1, -0.05) is 17.7 Å². The molecular formula is C17H9ClF5N3O. The number of hydrogen-bond donors (Lipinski definition) is 2. The van der Waals surface area contributed by atoms with Crippen LogP contribution >= 0.6 is 11.6 Å². The molecule has 27 heavy (non-hydrogen) atoms. The Morgan fingerprint density at radius 1 is 1.15 bits per heavy atom. The highest BCUT2D eigenvalue weighted by Gasteiger charge is 2.33. The molecule has 10 heteroatoms. The summed E-state index contributed by atoms with van der Waals surface area (Å²) < 4.78 is 65.5. The Morgan fingerprint density at radius 2 is 1.78 bits per heavy atom. The topological polar surface area (TPSA) is 64.9 Å². The first-order valence-corrected chi connectivity index (χ1v) is 7.50. The van der Waals surface area contributed by atoms with E-state index in [4.69, 9.17) is 16.9 Å². The van der Waals surface area contributed by atoms with Crippen molar-refractivity contribution in [1.29, 1.82) is 5.26 Å². The van der Waals surface area contributed by atoms with E-state index in [0.717, 1.165) is 36.5 Å². The van der Waals surface area contributed by atoms with Crippen molar-refractivity contribution in [2.24, 2.45) is 0 Å². The van der Waals surface area contributed by atoms with Crippen LogP contribution in [-0.4, -0.2) is 5.91 Å². The third-order valence-electron chi connectivity index (χ3n) is 3.22. The Hall–Kier alpha value is -3.12. The fourth-order valence-corrected chi connectivity index (χ4v) is 2.17. The Morgan fingerprint density at radius 3 is 2.33 bits per heavy atom. The van der Waals surface area contributed by atoms with Gasteiger partial charge in [0.05, 0.1) is 10.6 Å². The first-order valence-electron chi connectivity index (χ1n) is 7.12. The zero-order valence-corrected chi connectivity index (χ0v) is 13.9. The standard InChI is InChI=1S/C17H9ClF5N3O/c18-12-5-4-10(6-11(12)17(21,22)23)26-16(27)9(7-24)8-25-15-13(19)2-1-3-14(15)20/h1-6,8,25H,(H,26,27)/b9-8-. The van der Waals surface area contributed by atoms with Crippen LogP contribution in [0.3, 0.4) is 0 Å². The molecule has 0 saturated carbocycles. The van der Waals surface area contributed by atoms with Gasteiger partial charge < -0.3 is 10.6 Å². The van der Waals surface area contributed by atoms with E-state index in [-0.39, 0.29) is 5.69 Å². The molecule has 0 aliphatic carbocycles. The van der Waals surface area contributed by atoms with E-state index in [0.29, 0.717) is 6.07 Å². The number of nitrogens with zero attached hydrogens (tertiary/aromatic N) is 1.